The van der Waals surface area contributed by atoms with Crippen LogP contribution in [0.4, 0.5) is 13.2 Å². The van der Waals surface area contributed by atoms with Crippen molar-refractivity contribution in [1.29, 1.82) is 0 Å². The lowest BCUT2D eigenvalue weighted by molar-refractivity contribution is -0.137. The van der Waals surface area contributed by atoms with Crippen molar-refractivity contribution >= 4 is 16.8 Å². The van der Waals surface area contributed by atoms with Crippen LogP contribution in [0.1, 0.15) is 30.9 Å². The second-order valence-electron chi connectivity index (χ2n) is 7.26. The number of aromatic nitrogens is 2. The number of fused-ring (bicyclic) bond motifs is 1. The molecule has 0 aliphatic heterocycles. The zero-order chi connectivity index (χ0) is 20.6. The molecule has 0 radical (unpaired) electrons. The Hall–Kier alpha value is -3.09. The Balaban J connectivity index is 1.68. The van der Waals surface area contributed by atoms with Crippen LogP contribution in [0, 0.1) is 0 Å². The van der Waals surface area contributed by atoms with Crippen LogP contribution in [0.2, 0.25) is 0 Å². The van der Waals surface area contributed by atoms with Crippen LogP contribution >= 0.6 is 0 Å². The van der Waals surface area contributed by atoms with E-state index in [1.807, 2.05) is 28.9 Å². The van der Waals surface area contributed by atoms with Crippen molar-refractivity contribution in [2.45, 2.75) is 37.5 Å². The highest BCUT2D eigenvalue weighted by Crippen LogP contribution is 2.37. The second kappa shape index (κ2) is 7.39. The van der Waals surface area contributed by atoms with Crippen molar-refractivity contribution in [3.8, 4) is 11.3 Å². The summed E-state index contributed by atoms with van der Waals surface area (Å²) in [5.41, 5.74) is 1.56. The molecule has 1 N–H and O–H groups in total. The Morgan fingerprint density at radius 3 is 2.55 bits per heavy atom. The summed E-state index contributed by atoms with van der Waals surface area (Å²) in [5.74, 6) is -0.189. The van der Waals surface area contributed by atoms with Crippen molar-refractivity contribution in [2.75, 3.05) is 0 Å². The molecular formula is C22H20F3N3O. The average molecular weight is 399 g/mol. The van der Waals surface area contributed by atoms with Gasteiger partial charge in [-0.2, -0.15) is 18.3 Å². The quantitative estimate of drug-likeness (QED) is 0.619. The summed E-state index contributed by atoms with van der Waals surface area (Å²) < 4.78 is 40.6. The second-order valence-corrected chi connectivity index (χ2v) is 7.26. The fraction of sp³-hybridized carbons (Fsp3) is 0.273. The summed E-state index contributed by atoms with van der Waals surface area (Å²) in [6.45, 7) is 3.48. The first-order valence-corrected chi connectivity index (χ1v) is 9.44. The van der Waals surface area contributed by atoms with Gasteiger partial charge in [-0.3, -0.25) is 9.48 Å². The lowest BCUT2D eigenvalue weighted by atomic mass is 10.1. The number of hydrogen-bond acceptors (Lipinski definition) is 2. The molecule has 2 unspecified atom stereocenters. The Morgan fingerprint density at radius 2 is 1.86 bits per heavy atom. The SMILES string of the molecule is C=CC(=O)NC1CCC(n2nc(-c3ccc(C(F)(F)F)cc3)c3ccccc32)C1. The van der Waals surface area contributed by atoms with Crippen LogP contribution in [0.25, 0.3) is 22.2 Å². The van der Waals surface area contributed by atoms with Gasteiger partial charge in [-0.1, -0.05) is 36.9 Å². The molecule has 0 bridgehead atoms. The summed E-state index contributed by atoms with van der Waals surface area (Å²) >= 11 is 0. The maximum atomic E-state index is 12.9. The average Bonchev–Trinajstić information content (AvgIpc) is 3.32. The topological polar surface area (TPSA) is 46.9 Å². The fourth-order valence-corrected chi connectivity index (χ4v) is 3.97. The standard InChI is InChI=1S/C22H20F3N3O/c1-2-20(29)26-16-11-12-17(13-16)28-19-6-4-3-5-18(19)21(27-28)14-7-9-15(10-8-14)22(23,24)25/h2-10,16-17H,1,11-13H2,(H,26,29). The number of rotatable bonds is 4. The fourth-order valence-electron chi connectivity index (χ4n) is 3.97. The number of amides is 1. The van der Waals surface area contributed by atoms with Gasteiger partial charge < -0.3 is 5.32 Å². The molecule has 7 heteroatoms. The lowest BCUT2D eigenvalue weighted by Gasteiger charge is -2.14. The number of para-hydroxylation sites is 1. The Kier molecular flexibility index (Phi) is 4.90. The molecule has 1 aliphatic rings. The molecule has 1 aromatic heterocycles. The van der Waals surface area contributed by atoms with Gasteiger partial charge in [0, 0.05) is 17.0 Å². The van der Waals surface area contributed by atoms with Crippen LogP contribution in [-0.2, 0) is 11.0 Å². The number of carbonyl (C=O) groups is 1. The minimum Gasteiger partial charge on any atom is -0.350 e. The molecule has 0 spiro atoms. The highest BCUT2D eigenvalue weighted by molar-refractivity contribution is 5.93. The normalized spacial score (nSPS) is 19.4. The molecule has 1 saturated carbocycles. The Bertz CT molecular complexity index is 1050. The van der Waals surface area contributed by atoms with Gasteiger partial charge in [0.15, 0.2) is 0 Å². The van der Waals surface area contributed by atoms with Gasteiger partial charge in [-0.25, -0.2) is 0 Å². The van der Waals surface area contributed by atoms with Crippen LogP contribution in [-0.4, -0.2) is 21.7 Å². The van der Waals surface area contributed by atoms with E-state index >= 15 is 0 Å². The van der Waals surface area contributed by atoms with E-state index in [1.165, 1.54) is 18.2 Å². The first-order chi connectivity index (χ1) is 13.9. The van der Waals surface area contributed by atoms with Crippen LogP contribution < -0.4 is 5.32 Å². The zero-order valence-electron chi connectivity index (χ0n) is 15.6. The number of benzene rings is 2. The third-order valence-electron chi connectivity index (χ3n) is 5.38. The summed E-state index contributed by atoms with van der Waals surface area (Å²) in [4.78, 5) is 11.6. The third-order valence-corrected chi connectivity index (χ3v) is 5.38. The predicted octanol–water partition coefficient (Wildman–Crippen LogP) is 5.12. The molecule has 1 amide bonds. The molecule has 3 aromatic rings. The van der Waals surface area contributed by atoms with Gasteiger partial charge in [0.05, 0.1) is 17.1 Å². The monoisotopic (exact) mass is 399 g/mol. The molecule has 0 saturated heterocycles. The van der Waals surface area contributed by atoms with Crippen molar-refractivity contribution in [2.24, 2.45) is 0 Å². The molecule has 4 rings (SSSR count). The number of nitrogens with one attached hydrogen (secondary N) is 1. The minimum atomic E-state index is -4.37. The first kappa shape index (κ1) is 19.2. The molecule has 4 nitrogen and oxygen atoms in total. The molecule has 150 valence electrons. The molecule has 2 atom stereocenters. The van der Waals surface area contributed by atoms with E-state index in [4.69, 9.17) is 5.10 Å². The first-order valence-electron chi connectivity index (χ1n) is 9.44. The van der Waals surface area contributed by atoms with E-state index in [1.54, 1.807) is 0 Å². The van der Waals surface area contributed by atoms with E-state index < -0.39 is 11.7 Å². The molecule has 1 aliphatic carbocycles. The third kappa shape index (κ3) is 3.77. The van der Waals surface area contributed by atoms with E-state index in [2.05, 4.69) is 11.9 Å². The van der Waals surface area contributed by atoms with Gasteiger partial charge in [0.1, 0.15) is 5.69 Å². The van der Waals surface area contributed by atoms with E-state index in [0.29, 0.717) is 11.3 Å². The number of hydrogen-bond donors (Lipinski definition) is 1. The summed E-state index contributed by atoms with van der Waals surface area (Å²) in [5, 5.41) is 8.59. The highest BCUT2D eigenvalue weighted by Gasteiger charge is 2.31. The van der Waals surface area contributed by atoms with Crippen molar-refractivity contribution in [3.05, 3.63) is 66.7 Å². The maximum Gasteiger partial charge on any atom is 0.416 e. The summed E-state index contributed by atoms with van der Waals surface area (Å²) in [7, 11) is 0. The Morgan fingerprint density at radius 1 is 1.14 bits per heavy atom. The van der Waals surface area contributed by atoms with E-state index in [-0.39, 0.29) is 18.0 Å². The van der Waals surface area contributed by atoms with Crippen LogP contribution in [0.15, 0.2) is 61.2 Å². The van der Waals surface area contributed by atoms with Gasteiger partial charge in [0.2, 0.25) is 5.91 Å². The Labute approximate surface area is 166 Å². The number of carbonyl (C=O) groups excluding carboxylic acids is 1. The van der Waals surface area contributed by atoms with Crippen LogP contribution in [0.5, 0.6) is 0 Å². The summed E-state index contributed by atoms with van der Waals surface area (Å²) in [6, 6.07) is 13.0. The van der Waals surface area contributed by atoms with Gasteiger partial charge in [-0.05, 0) is 43.5 Å². The molecule has 1 fully saturated rings. The van der Waals surface area contributed by atoms with Gasteiger partial charge >= 0.3 is 6.18 Å². The largest absolute Gasteiger partial charge is 0.416 e. The minimum absolute atomic E-state index is 0.0583. The van der Waals surface area contributed by atoms with E-state index in [0.717, 1.165) is 42.3 Å². The predicted molar refractivity (Wildman–Crippen MR) is 105 cm³/mol. The van der Waals surface area contributed by atoms with Crippen molar-refractivity contribution < 1.29 is 18.0 Å². The van der Waals surface area contributed by atoms with Crippen LogP contribution in [0.3, 0.4) is 0 Å². The molecule has 29 heavy (non-hydrogen) atoms. The maximum absolute atomic E-state index is 12.9. The van der Waals surface area contributed by atoms with Gasteiger partial charge in [-0.15, -0.1) is 0 Å². The number of halogens is 3. The molecular weight excluding hydrogens is 379 g/mol. The van der Waals surface area contributed by atoms with Crippen molar-refractivity contribution in [1.82, 2.24) is 15.1 Å². The number of nitrogens with zero attached hydrogens (tertiary/aromatic N) is 2. The van der Waals surface area contributed by atoms with Gasteiger partial charge in [0.25, 0.3) is 0 Å². The highest BCUT2D eigenvalue weighted by atomic mass is 19.4. The molecule has 1 heterocycles. The summed E-state index contributed by atoms with van der Waals surface area (Å²) in [6.07, 6.45) is -0.653. The lowest BCUT2D eigenvalue weighted by Crippen LogP contribution is -2.31. The smallest absolute Gasteiger partial charge is 0.350 e. The number of alkyl halides is 3. The van der Waals surface area contributed by atoms with Crippen molar-refractivity contribution in [3.63, 3.8) is 0 Å². The molecule has 2 aromatic carbocycles. The zero-order valence-corrected chi connectivity index (χ0v) is 15.6. The van der Waals surface area contributed by atoms with E-state index in [9.17, 15) is 18.0 Å².